The summed E-state index contributed by atoms with van der Waals surface area (Å²) in [7, 11) is 3.02. The largest absolute Gasteiger partial charge is 0.449 e. The molecule has 116 valence electrons. The predicted octanol–water partition coefficient (Wildman–Crippen LogP) is 2.32. The van der Waals surface area contributed by atoms with Crippen LogP contribution in [0.3, 0.4) is 0 Å². The maximum atomic E-state index is 11.6. The topological polar surface area (TPSA) is 76.7 Å². The Balaban J connectivity index is 2.65. The van der Waals surface area contributed by atoms with Crippen LogP contribution in [-0.4, -0.2) is 32.8 Å². The Morgan fingerprint density at radius 1 is 1.19 bits per heavy atom. The minimum Gasteiger partial charge on any atom is -0.449 e. The van der Waals surface area contributed by atoms with E-state index in [4.69, 9.17) is 9.47 Å². The summed E-state index contributed by atoms with van der Waals surface area (Å²) in [5.41, 5.74) is 1.30. The molecule has 2 N–H and O–H groups in total. The van der Waals surface area contributed by atoms with E-state index < -0.39 is 12.2 Å². The number of hydrogen-bond donors (Lipinski definition) is 2. The molecule has 0 bridgehead atoms. The zero-order chi connectivity index (χ0) is 15.8. The SMILES string of the molecule is CNC(=O)C(OC)c1ccc(NC(=O)OCC(C)C)cc1. The standard InChI is InChI=1S/C15H22N2O4/c1-10(2)9-21-15(19)17-12-7-5-11(6-8-12)13(20-4)14(18)16-3/h5-8,10,13H,9H2,1-4H3,(H,16,18)(H,17,19). The van der Waals surface area contributed by atoms with Gasteiger partial charge in [-0.2, -0.15) is 0 Å². The molecule has 0 heterocycles. The molecule has 1 atom stereocenters. The molecule has 6 nitrogen and oxygen atoms in total. The molecule has 6 heteroatoms. The Morgan fingerprint density at radius 2 is 1.81 bits per heavy atom. The molecule has 1 unspecified atom stereocenters. The molecule has 1 rings (SSSR count). The highest BCUT2D eigenvalue weighted by atomic mass is 16.5. The summed E-state index contributed by atoms with van der Waals surface area (Å²) in [5, 5.41) is 5.16. The number of amides is 2. The van der Waals surface area contributed by atoms with Crippen LogP contribution in [0.5, 0.6) is 0 Å². The van der Waals surface area contributed by atoms with E-state index in [1.54, 1.807) is 31.3 Å². The molecule has 0 aromatic heterocycles. The second-order valence-corrected chi connectivity index (χ2v) is 4.97. The van der Waals surface area contributed by atoms with Gasteiger partial charge in [-0.15, -0.1) is 0 Å². The van der Waals surface area contributed by atoms with Crippen LogP contribution < -0.4 is 10.6 Å². The quantitative estimate of drug-likeness (QED) is 0.844. The van der Waals surface area contributed by atoms with Gasteiger partial charge in [0, 0.05) is 19.8 Å². The zero-order valence-electron chi connectivity index (χ0n) is 12.8. The van der Waals surface area contributed by atoms with Crippen molar-refractivity contribution in [1.82, 2.24) is 5.32 Å². The summed E-state index contributed by atoms with van der Waals surface area (Å²) in [6.07, 6.45) is -1.16. The summed E-state index contributed by atoms with van der Waals surface area (Å²) >= 11 is 0. The van der Waals surface area contributed by atoms with Crippen LogP contribution in [0.1, 0.15) is 25.5 Å². The number of carbonyl (C=O) groups excluding carboxylic acids is 2. The summed E-state index contributed by atoms with van der Waals surface area (Å²) in [6.45, 7) is 4.30. The second kappa shape index (κ2) is 8.26. The lowest BCUT2D eigenvalue weighted by molar-refractivity contribution is -0.130. The minimum absolute atomic E-state index is 0.227. The van der Waals surface area contributed by atoms with Gasteiger partial charge in [-0.1, -0.05) is 26.0 Å². The molecule has 1 aromatic carbocycles. The van der Waals surface area contributed by atoms with Crippen LogP contribution in [-0.2, 0) is 14.3 Å². The van der Waals surface area contributed by atoms with E-state index in [1.165, 1.54) is 7.11 Å². The predicted molar refractivity (Wildman–Crippen MR) is 80.1 cm³/mol. The Hall–Kier alpha value is -2.08. The van der Waals surface area contributed by atoms with Crippen molar-refractivity contribution in [2.45, 2.75) is 20.0 Å². The van der Waals surface area contributed by atoms with Gasteiger partial charge < -0.3 is 14.8 Å². The van der Waals surface area contributed by atoms with Crippen molar-refractivity contribution in [1.29, 1.82) is 0 Å². The Bertz CT molecular complexity index is 471. The molecule has 2 amide bonds. The first-order chi connectivity index (χ1) is 9.97. The van der Waals surface area contributed by atoms with Crippen molar-refractivity contribution >= 4 is 17.7 Å². The summed E-state index contributed by atoms with van der Waals surface area (Å²) < 4.78 is 10.2. The number of anilines is 1. The normalized spacial score (nSPS) is 11.9. The van der Waals surface area contributed by atoms with E-state index in [2.05, 4.69) is 10.6 Å². The van der Waals surface area contributed by atoms with E-state index in [9.17, 15) is 9.59 Å². The van der Waals surface area contributed by atoms with Crippen molar-refractivity contribution in [3.63, 3.8) is 0 Å². The van der Waals surface area contributed by atoms with Crippen LogP contribution in [0.15, 0.2) is 24.3 Å². The van der Waals surface area contributed by atoms with E-state index in [0.29, 0.717) is 17.9 Å². The zero-order valence-corrected chi connectivity index (χ0v) is 12.8. The second-order valence-electron chi connectivity index (χ2n) is 4.97. The van der Waals surface area contributed by atoms with E-state index >= 15 is 0 Å². The maximum absolute atomic E-state index is 11.6. The third-order valence-corrected chi connectivity index (χ3v) is 2.73. The summed E-state index contributed by atoms with van der Waals surface area (Å²) in [4.78, 5) is 23.2. The van der Waals surface area contributed by atoms with Crippen molar-refractivity contribution < 1.29 is 19.1 Å². The third kappa shape index (κ3) is 5.43. The van der Waals surface area contributed by atoms with E-state index in [0.717, 1.165) is 0 Å². The first-order valence-electron chi connectivity index (χ1n) is 6.76. The maximum Gasteiger partial charge on any atom is 0.411 e. The van der Waals surface area contributed by atoms with Gasteiger partial charge >= 0.3 is 6.09 Å². The number of likely N-dealkylation sites (N-methyl/N-ethyl adjacent to an activating group) is 1. The van der Waals surface area contributed by atoms with Gasteiger partial charge in [0.2, 0.25) is 0 Å². The highest BCUT2D eigenvalue weighted by Gasteiger charge is 2.18. The molecule has 0 fully saturated rings. The summed E-state index contributed by atoms with van der Waals surface area (Å²) in [6, 6.07) is 6.84. The van der Waals surface area contributed by atoms with Gasteiger partial charge in [-0.05, 0) is 23.6 Å². The molecule has 0 aliphatic carbocycles. The summed E-state index contributed by atoms with van der Waals surface area (Å²) in [5.74, 6) is 0.0581. The van der Waals surface area contributed by atoms with Crippen molar-refractivity contribution in [3.05, 3.63) is 29.8 Å². The molecule has 0 spiro atoms. The van der Waals surface area contributed by atoms with Gasteiger partial charge in [0.25, 0.3) is 5.91 Å². The van der Waals surface area contributed by atoms with Crippen molar-refractivity contribution in [2.24, 2.45) is 5.92 Å². The van der Waals surface area contributed by atoms with Crippen LogP contribution in [0.2, 0.25) is 0 Å². The van der Waals surface area contributed by atoms with Gasteiger partial charge in [0.1, 0.15) is 0 Å². The highest BCUT2D eigenvalue weighted by molar-refractivity contribution is 5.85. The van der Waals surface area contributed by atoms with Gasteiger partial charge in [0.15, 0.2) is 6.10 Å². The lowest BCUT2D eigenvalue weighted by Crippen LogP contribution is -2.26. The van der Waals surface area contributed by atoms with Gasteiger partial charge in [-0.25, -0.2) is 4.79 Å². The van der Waals surface area contributed by atoms with Gasteiger partial charge in [-0.3, -0.25) is 10.1 Å². The van der Waals surface area contributed by atoms with Crippen molar-refractivity contribution in [2.75, 3.05) is 26.1 Å². The average molecular weight is 294 g/mol. The van der Waals surface area contributed by atoms with E-state index in [1.807, 2.05) is 13.8 Å². The third-order valence-electron chi connectivity index (χ3n) is 2.73. The number of nitrogens with one attached hydrogen (secondary N) is 2. The van der Waals surface area contributed by atoms with E-state index in [-0.39, 0.29) is 11.8 Å². The molecule has 0 saturated carbocycles. The molecule has 0 radical (unpaired) electrons. The fourth-order valence-electron chi connectivity index (χ4n) is 1.66. The first-order valence-corrected chi connectivity index (χ1v) is 6.76. The molecule has 0 aliphatic heterocycles. The molecule has 21 heavy (non-hydrogen) atoms. The number of benzene rings is 1. The number of carbonyl (C=O) groups is 2. The fourth-order valence-corrected chi connectivity index (χ4v) is 1.66. The van der Waals surface area contributed by atoms with Crippen LogP contribution in [0.25, 0.3) is 0 Å². The minimum atomic E-state index is -0.669. The molecular formula is C15H22N2O4. The smallest absolute Gasteiger partial charge is 0.411 e. The molecule has 0 saturated heterocycles. The fraction of sp³-hybridized carbons (Fsp3) is 0.467. The first kappa shape index (κ1) is 17.0. The monoisotopic (exact) mass is 294 g/mol. The molecule has 1 aromatic rings. The Kier molecular flexibility index (Phi) is 6.68. The number of ether oxygens (including phenoxy) is 2. The highest BCUT2D eigenvalue weighted by Crippen LogP contribution is 2.19. The Labute approximate surface area is 124 Å². The van der Waals surface area contributed by atoms with Crippen LogP contribution >= 0.6 is 0 Å². The van der Waals surface area contributed by atoms with Gasteiger partial charge in [0.05, 0.1) is 6.61 Å². The number of methoxy groups -OCH3 is 1. The number of rotatable bonds is 6. The van der Waals surface area contributed by atoms with Crippen LogP contribution in [0.4, 0.5) is 10.5 Å². The van der Waals surface area contributed by atoms with Crippen LogP contribution in [0, 0.1) is 5.92 Å². The molecule has 0 aliphatic rings. The molecular weight excluding hydrogens is 272 g/mol. The lowest BCUT2D eigenvalue weighted by Gasteiger charge is -2.14. The Morgan fingerprint density at radius 3 is 2.29 bits per heavy atom. The number of hydrogen-bond acceptors (Lipinski definition) is 4. The average Bonchev–Trinajstić information content (AvgIpc) is 2.47. The van der Waals surface area contributed by atoms with Crippen molar-refractivity contribution in [3.8, 4) is 0 Å². The lowest BCUT2D eigenvalue weighted by atomic mass is 10.1.